The Labute approximate surface area is 112 Å². The van der Waals surface area contributed by atoms with Crippen molar-refractivity contribution < 1.29 is 23.1 Å². The molecule has 6 nitrogen and oxygen atoms in total. The molecule has 0 bridgehead atoms. The molecule has 0 aliphatic carbocycles. The lowest BCUT2D eigenvalue weighted by Gasteiger charge is -2.35. The molecule has 1 saturated heterocycles. The number of hydrogen-bond donors (Lipinski definition) is 1. The molecule has 0 aromatic carbocycles. The van der Waals surface area contributed by atoms with E-state index in [1.165, 1.54) is 11.1 Å². The van der Waals surface area contributed by atoms with Gasteiger partial charge in [-0.2, -0.15) is 13.2 Å². The van der Waals surface area contributed by atoms with Gasteiger partial charge in [0.15, 0.2) is 5.69 Å². The number of carbonyl (C=O) groups is 1. The van der Waals surface area contributed by atoms with E-state index in [1.54, 1.807) is 4.90 Å². The van der Waals surface area contributed by atoms with E-state index in [2.05, 4.69) is 9.97 Å². The molecular weight excluding hydrogens is 277 g/mol. The summed E-state index contributed by atoms with van der Waals surface area (Å²) in [6.45, 7) is 0.278. The summed E-state index contributed by atoms with van der Waals surface area (Å²) in [5.74, 6) is -0.813. The second-order valence-electron chi connectivity index (χ2n) is 4.45. The highest BCUT2D eigenvalue weighted by Crippen LogP contribution is 2.19. The van der Waals surface area contributed by atoms with Crippen LogP contribution in [0.1, 0.15) is 10.5 Å². The van der Waals surface area contributed by atoms with Crippen LogP contribution < -0.4 is 4.90 Å². The largest absolute Gasteiger partial charge is 0.476 e. The Kier molecular flexibility index (Phi) is 4.07. The molecule has 0 spiro atoms. The Morgan fingerprint density at radius 1 is 1.25 bits per heavy atom. The summed E-state index contributed by atoms with van der Waals surface area (Å²) in [6.07, 6.45) is -1.66. The van der Waals surface area contributed by atoms with E-state index in [1.807, 2.05) is 0 Å². The van der Waals surface area contributed by atoms with Crippen LogP contribution in [-0.2, 0) is 0 Å². The number of aromatic carboxylic acids is 1. The Morgan fingerprint density at radius 3 is 2.45 bits per heavy atom. The second kappa shape index (κ2) is 5.61. The molecule has 1 aliphatic heterocycles. The minimum Gasteiger partial charge on any atom is -0.476 e. The molecule has 0 radical (unpaired) electrons. The van der Waals surface area contributed by atoms with Crippen LogP contribution in [0.25, 0.3) is 0 Å². The third-order valence-corrected chi connectivity index (χ3v) is 2.94. The van der Waals surface area contributed by atoms with Gasteiger partial charge < -0.3 is 10.0 Å². The molecule has 9 heteroatoms. The molecule has 1 aromatic rings. The van der Waals surface area contributed by atoms with Gasteiger partial charge in [-0.15, -0.1) is 0 Å². The summed E-state index contributed by atoms with van der Waals surface area (Å²) in [5.41, 5.74) is -0.180. The van der Waals surface area contributed by atoms with Crippen molar-refractivity contribution in [1.29, 1.82) is 0 Å². The predicted octanol–water partition coefficient (Wildman–Crippen LogP) is 0.859. The highest BCUT2D eigenvalue weighted by Gasteiger charge is 2.32. The van der Waals surface area contributed by atoms with Crippen molar-refractivity contribution in [2.45, 2.75) is 6.18 Å². The fourth-order valence-corrected chi connectivity index (χ4v) is 2.00. The first-order valence-corrected chi connectivity index (χ1v) is 5.94. The van der Waals surface area contributed by atoms with Crippen LogP contribution in [0, 0.1) is 0 Å². The van der Waals surface area contributed by atoms with Gasteiger partial charge in [-0.05, 0) is 0 Å². The van der Waals surface area contributed by atoms with E-state index in [0.717, 1.165) is 6.20 Å². The molecule has 1 aliphatic rings. The summed E-state index contributed by atoms with van der Waals surface area (Å²) in [7, 11) is 0. The molecule has 20 heavy (non-hydrogen) atoms. The molecule has 1 aromatic heterocycles. The van der Waals surface area contributed by atoms with Crippen molar-refractivity contribution in [3.8, 4) is 0 Å². The van der Waals surface area contributed by atoms with Crippen LogP contribution in [0.15, 0.2) is 12.4 Å². The van der Waals surface area contributed by atoms with Crippen LogP contribution in [-0.4, -0.2) is 64.8 Å². The van der Waals surface area contributed by atoms with Crippen LogP contribution in [0.3, 0.4) is 0 Å². The summed E-state index contributed by atoms with van der Waals surface area (Å²) >= 11 is 0. The minimum atomic E-state index is -4.20. The van der Waals surface area contributed by atoms with E-state index in [0.29, 0.717) is 18.9 Å². The van der Waals surface area contributed by atoms with E-state index in [4.69, 9.17) is 5.11 Å². The molecular formula is C11H13F3N4O2. The van der Waals surface area contributed by atoms with Crippen LogP contribution >= 0.6 is 0 Å². The Morgan fingerprint density at radius 2 is 1.90 bits per heavy atom. The third-order valence-electron chi connectivity index (χ3n) is 2.94. The van der Waals surface area contributed by atoms with Crippen molar-refractivity contribution in [2.24, 2.45) is 0 Å². The van der Waals surface area contributed by atoms with Crippen molar-refractivity contribution >= 4 is 11.8 Å². The van der Waals surface area contributed by atoms with Gasteiger partial charge in [0.25, 0.3) is 0 Å². The summed E-state index contributed by atoms with van der Waals surface area (Å²) < 4.78 is 36.8. The molecule has 1 fully saturated rings. The zero-order chi connectivity index (χ0) is 14.8. The molecule has 2 heterocycles. The van der Waals surface area contributed by atoms with Gasteiger partial charge in [0.1, 0.15) is 5.82 Å². The highest BCUT2D eigenvalue weighted by atomic mass is 19.4. The maximum Gasteiger partial charge on any atom is 0.401 e. The number of alkyl halides is 3. The monoisotopic (exact) mass is 290 g/mol. The molecule has 0 saturated carbocycles. The first kappa shape index (κ1) is 14.5. The minimum absolute atomic E-state index is 0.180. The lowest BCUT2D eigenvalue weighted by molar-refractivity contribution is -0.146. The number of rotatable bonds is 3. The van der Waals surface area contributed by atoms with Crippen LogP contribution in [0.2, 0.25) is 0 Å². The molecule has 0 amide bonds. The van der Waals surface area contributed by atoms with Gasteiger partial charge in [-0.1, -0.05) is 0 Å². The maximum atomic E-state index is 12.3. The smallest absolute Gasteiger partial charge is 0.401 e. The number of halogens is 3. The van der Waals surface area contributed by atoms with Gasteiger partial charge in [-0.25, -0.2) is 9.78 Å². The maximum absolute atomic E-state index is 12.3. The Balaban J connectivity index is 1.97. The quantitative estimate of drug-likeness (QED) is 0.890. The Bertz CT molecular complexity index is 487. The van der Waals surface area contributed by atoms with E-state index in [-0.39, 0.29) is 18.8 Å². The molecule has 110 valence electrons. The van der Waals surface area contributed by atoms with Gasteiger partial charge in [-0.3, -0.25) is 9.88 Å². The number of piperazine rings is 1. The number of aromatic nitrogens is 2. The van der Waals surface area contributed by atoms with Crippen molar-refractivity contribution in [3.05, 3.63) is 18.1 Å². The number of carboxylic acid groups (broad SMARTS) is 1. The molecule has 2 rings (SSSR count). The van der Waals surface area contributed by atoms with E-state index < -0.39 is 18.7 Å². The number of hydrogen-bond acceptors (Lipinski definition) is 5. The number of nitrogens with zero attached hydrogens (tertiary/aromatic N) is 4. The second-order valence-corrected chi connectivity index (χ2v) is 4.45. The lowest BCUT2D eigenvalue weighted by Crippen LogP contribution is -2.49. The average molecular weight is 290 g/mol. The SMILES string of the molecule is O=C(O)c1cncc(N2CCN(CC(F)(F)F)CC2)n1. The number of carboxylic acids is 1. The average Bonchev–Trinajstić information content (AvgIpc) is 2.38. The first-order valence-electron chi connectivity index (χ1n) is 5.94. The highest BCUT2D eigenvalue weighted by molar-refractivity contribution is 5.85. The topological polar surface area (TPSA) is 69.6 Å². The summed E-state index contributed by atoms with van der Waals surface area (Å²) in [6, 6.07) is 0. The van der Waals surface area contributed by atoms with Gasteiger partial charge in [0.2, 0.25) is 0 Å². The fourth-order valence-electron chi connectivity index (χ4n) is 2.00. The molecule has 0 atom stereocenters. The zero-order valence-corrected chi connectivity index (χ0v) is 10.5. The van der Waals surface area contributed by atoms with Crippen molar-refractivity contribution in [3.63, 3.8) is 0 Å². The zero-order valence-electron chi connectivity index (χ0n) is 10.5. The normalized spacial score (nSPS) is 17.2. The van der Waals surface area contributed by atoms with Crippen LogP contribution in [0.5, 0.6) is 0 Å². The van der Waals surface area contributed by atoms with Crippen molar-refractivity contribution in [1.82, 2.24) is 14.9 Å². The van der Waals surface area contributed by atoms with E-state index in [9.17, 15) is 18.0 Å². The summed E-state index contributed by atoms with van der Waals surface area (Å²) in [5, 5.41) is 8.82. The first-order chi connectivity index (χ1) is 9.35. The van der Waals surface area contributed by atoms with Gasteiger partial charge >= 0.3 is 12.1 Å². The van der Waals surface area contributed by atoms with Gasteiger partial charge in [0, 0.05) is 26.2 Å². The van der Waals surface area contributed by atoms with Crippen molar-refractivity contribution in [2.75, 3.05) is 37.6 Å². The van der Waals surface area contributed by atoms with Crippen LogP contribution in [0.4, 0.5) is 19.0 Å². The lowest BCUT2D eigenvalue weighted by atomic mass is 10.3. The molecule has 1 N–H and O–H groups in total. The summed E-state index contributed by atoms with van der Waals surface area (Å²) in [4.78, 5) is 21.5. The standard InChI is InChI=1S/C11H13F3N4O2/c12-11(13,14)7-17-1-3-18(4-2-17)9-6-15-5-8(16-9)10(19)20/h5-6H,1-4,7H2,(H,19,20). The Hall–Kier alpha value is -1.90. The van der Waals surface area contributed by atoms with Gasteiger partial charge in [0.05, 0.1) is 18.9 Å². The fraction of sp³-hybridized carbons (Fsp3) is 0.545. The third kappa shape index (κ3) is 3.80. The predicted molar refractivity (Wildman–Crippen MR) is 63.7 cm³/mol. The molecule has 0 unspecified atom stereocenters. The number of anilines is 1. The van der Waals surface area contributed by atoms with E-state index >= 15 is 0 Å².